The monoisotopic (exact) mass is 440 g/mol. The zero-order valence-electron chi connectivity index (χ0n) is 17.7. The van der Waals surface area contributed by atoms with Gasteiger partial charge in [0.25, 0.3) is 15.9 Å². The number of carbonyl (C=O) groups is 1. The van der Waals surface area contributed by atoms with Crippen LogP contribution in [-0.4, -0.2) is 28.5 Å². The van der Waals surface area contributed by atoms with Crippen LogP contribution in [0.15, 0.2) is 65.6 Å². The summed E-state index contributed by atoms with van der Waals surface area (Å²) in [5, 5.41) is 2.74. The standard InChI is InChI=1S/C23H24N2O5S/c1-15-8-9-18(14-16(15)2)25-31(27,28)19-12-10-17(11-13-19)24-23(26)22-20(29-3)6-5-7-21(22)30-4/h5-14,25H,1-4H3,(H,24,26). The molecular weight excluding hydrogens is 416 g/mol. The fraction of sp³-hybridized carbons (Fsp3) is 0.174. The van der Waals surface area contributed by atoms with Gasteiger partial charge in [-0.1, -0.05) is 12.1 Å². The average Bonchev–Trinajstić information content (AvgIpc) is 2.75. The van der Waals surface area contributed by atoms with E-state index in [1.165, 1.54) is 38.5 Å². The Morgan fingerprint density at radius 1 is 0.806 bits per heavy atom. The molecular formula is C23H24N2O5S. The third kappa shape index (κ3) is 4.97. The molecule has 0 bridgehead atoms. The Morgan fingerprint density at radius 3 is 1.94 bits per heavy atom. The van der Waals surface area contributed by atoms with Crippen molar-refractivity contribution in [1.82, 2.24) is 0 Å². The predicted octanol–water partition coefficient (Wildman–Crippen LogP) is 4.37. The molecule has 162 valence electrons. The molecule has 3 aromatic carbocycles. The number of aryl methyl sites for hydroxylation is 2. The zero-order chi connectivity index (χ0) is 22.6. The second kappa shape index (κ2) is 9.09. The first kappa shape index (κ1) is 22.2. The average molecular weight is 441 g/mol. The summed E-state index contributed by atoms with van der Waals surface area (Å²) in [5.74, 6) is 0.306. The molecule has 0 aliphatic heterocycles. The first-order chi connectivity index (χ1) is 14.7. The number of carbonyl (C=O) groups excluding carboxylic acids is 1. The van der Waals surface area contributed by atoms with Gasteiger partial charge in [0.1, 0.15) is 17.1 Å². The van der Waals surface area contributed by atoms with Crippen molar-refractivity contribution >= 4 is 27.3 Å². The number of anilines is 2. The van der Waals surface area contributed by atoms with Crippen LogP contribution in [0.1, 0.15) is 21.5 Å². The number of methoxy groups -OCH3 is 2. The minimum atomic E-state index is -3.76. The van der Waals surface area contributed by atoms with Gasteiger partial charge in [0.15, 0.2) is 0 Å². The van der Waals surface area contributed by atoms with E-state index in [0.717, 1.165) is 11.1 Å². The van der Waals surface area contributed by atoms with E-state index < -0.39 is 15.9 Å². The van der Waals surface area contributed by atoms with Gasteiger partial charge in [0.05, 0.1) is 19.1 Å². The van der Waals surface area contributed by atoms with Crippen LogP contribution >= 0.6 is 0 Å². The summed E-state index contributed by atoms with van der Waals surface area (Å²) in [5.41, 5.74) is 3.24. The molecule has 0 aliphatic rings. The van der Waals surface area contributed by atoms with Crippen LogP contribution in [0.25, 0.3) is 0 Å². The molecule has 8 heteroatoms. The van der Waals surface area contributed by atoms with Gasteiger partial charge < -0.3 is 14.8 Å². The van der Waals surface area contributed by atoms with Crippen molar-refractivity contribution in [3.05, 3.63) is 77.4 Å². The third-order valence-electron chi connectivity index (χ3n) is 4.84. The molecule has 0 radical (unpaired) electrons. The number of rotatable bonds is 7. The Kier molecular flexibility index (Phi) is 6.50. The maximum atomic E-state index is 12.8. The van der Waals surface area contributed by atoms with Crippen molar-refractivity contribution in [3.63, 3.8) is 0 Å². The Morgan fingerprint density at radius 2 is 1.39 bits per heavy atom. The van der Waals surface area contributed by atoms with Gasteiger partial charge >= 0.3 is 0 Å². The molecule has 0 saturated heterocycles. The SMILES string of the molecule is COc1cccc(OC)c1C(=O)Nc1ccc(S(=O)(=O)Nc2ccc(C)c(C)c2)cc1. The smallest absolute Gasteiger partial charge is 0.263 e. The highest BCUT2D eigenvalue weighted by molar-refractivity contribution is 7.92. The molecule has 31 heavy (non-hydrogen) atoms. The van der Waals surface area contributed by atoms with Crippen molar-refractivity contribution in [2.75, 3.05) is 24.3 Å². The van der Waals surface area contributed by atoms with Gasteiger partial charge in [-0.3, -0.25) is 9.52 Å². The lowest BCUT2D eigenvalue weighted by Gasteiger charge is -2.13. The van der Waals surface area contributed by atoms with E-state index in [-0.39, 0.29) is 10.5 Å². The number of ether oxygens (including phenoxy) is 2. The minimum Gasteiger partial charge on any atom is -0.496 e. The highest BCUT2D eigenvalue weighted by Crippen LogP contribution is 2.29. The van der Waals surface area contributed by atoms with Crippen LogP contribution in [0.5, 0.6) is 11.5 Å². The van der Waals surface area contributed by atoms with Crippen molar-refractivity contribution in [2.24, 2.45) is 0 Å². The van der Waals surface area contributed by atoms with E-state index in [4.69, 9.17) is 9.47 Å². The number of amides is 1. The molecule has 0 fully saturated rings. The normalized spacial score (nSPS) is 11.0. The molecule has 0 unspecified atom stereocenters. The lowest BCUT2D eigenvalue weighted by Crippen LogP contribution is -2.15. The molecule has 2 N–H and O–H groups in total. The second-order valence-corrected chi connectivity index (χ2v) is 8.60. The summed E-state index contributed by atoms with van der Waals surface area (Å²) in [4.78, 5) is 12.8. The van der Waals surface area contributed by atoms with Gasteiger partial charge in [-0.2, -0.15) is 0 Å². The largest absolute Gasteiger partial charge is 0.496 e. The highest BCUT2D eigenvalue weighted by Gasteiger charge is 2.19. The molecule has 0 heterocycles. The first-order valence-corrected chi connectivity index (χ1v) is 11.0. The topological polar surface area (TPSA) is 93.7 Å². The van der Waals surface area contributed by atoms with E-state index >= 15 is 0 Å². The third-order valence-corrected chi connectivity index (χ3v) is 6.23. The lowest BCUT2D eigenvalue weighted by molar-refractivity contribution is 0.102. The Balaban J connectivity index is 1.79. The summed E-state index contributed by atoms with van der Waals surface area (Å²) in [7, 11) is -0.832. The second-order valence-electron chi connectivity index (χ2n) is 6.92. The fourth-order valence-electron chi connectivity index (χ4n) is 3.00. The molecule has 0 aromatic heterocycles. The fourth-order valence-corrected chi connectivity index (χ4v) is 4.05. The maximum Gasteiger partial charge on any atom is 0.263 e. The summed E-state index contributed by atoms with van der Waals surface area (Å²) in [6, 6.07) is 16.3. The Labute approximate surface area is 182 Å². The van der Waals surface area contributed by atoms with Crippen LogP contribution in [0.3, 0.4) is 0 Å². The molecule has 7 nitrogen and oxygen atoms in total. The summed E-state index contributed by atoms with van der Waals surface area (Å²) in [6.07, 6.45) is 0. The van der Waals surface area contributed by atoms with Crippen LogP contribution in [0, 0.1) is 13.8 Å². The van der Waals surface area contributed by atoms with Crippen LogP contribution in [-0.2, 0) is 10.0 Å². The number of sulfonamides is 1. The Hall–Kier alpha value is -3.52. The van der Waals surface area contributed by atoms with Crippen LogP contribution in [0.4, 0.5) is 11.4 Å². The summed E-state index contributed by atoms with van der Waals surface area (Å²) in [6.45, 7) is 3.88. The number of hydrogen-bond acceptors (Lipinski definition) is 5. The lowest BCUT2D eigenvalue weighted by atomic mass is 10.1. The van der Waals surface area contributed by atoms with Gasteiger partial charge in [0.2, 0.25) is 0 Å². The van der Waals surface area contributed by atoms with Crippen molar-refractivity contribution in [3.8, 4) is 11.5 Å². The van der Waals surface area contributed by atoms with Gasteiger partial charge in [-0.15, -0.1) is 0 Å². The van der Waals surface area contributed by atoms with E-state index in [1.54, 1.807) is 30.3 Å². The molecule has 1 amide bonds. The molecule has 3 rings (SSSR count). The molecule has 0 spiro atoms. The van der Waals surface area contributed by atoms with Crippen LogP contribution in [0.2, 0.25) is 0 Å². The van der Waals surface area contributed by atoms with Crippen LogP contribution < -0.4 is 19.5 Å². The molecule has 0 atom stereocenters. The summed E-state index contributed by atoms with van der Waals surface area (Å²) >= 11 is 0. The predicted molar refractivity (Wildman–Crippen MR) is 121 cm³/mol. The first-order valence-electron chi connectivity index (χ1n) is 9.47. The number of hydrogen-bond donors (Lipinski definition) is 2. The summed E-state index contributed by atoms with van der Waals surface area (Å²) < 4.78 is 38.5. The maximum absolute atomic E-state index is 12.8. The van der Waals surface area contributed by atoms with Crippen molar-refractivity contribution in [1.29, 1.82) is 0 Å². The van der Waals surface area contributed by atoms with Crippen molar-refractivity contribution in [2.45, 2.75) is 18.7 Å². The number of benzene rings is 3. The van der Waals surface area contributed by atoms with E-state index in [9.17, 15) is 13.2 Å². The molecule has 0 aliphatic carbocycles. The van der Waals surface area contributed by atoms with E-state index in [2.05, 4.69) is 10.0 Å². The quantitative estimate of drug-likeness (QED) is 0.569. The Bertz CT molecular complexity index is 1180. The van der Waals surface area contributed by atoms with Gasteiger partial charge in [0, 0.05) is 11.4 Å². The molecule has 3 aromatic rings. The van der Waals surface area contributed by atoms with Crippen molar-refractivity contribution < 1.29 is 22.7 Å². The minimum absolute atomic E-state index is 0.0820. The highest BCUT2D eigenvalue weighted by atomic mass is 32.2. The molecule has 0 saturated carbocycles. The van der Waals surface area contributed by atoms with E-state index in [1.807, 2.05) is 19.9 Å². The van der Waals surface area contributed by atoms with E-state index in [0.29, 0.717) is 22.9 Å². The number of nitrogens with one attached hydrogen (secondary N) is 2. The zero-order valence-corrected chi connectivity index (χ0v) is 18.5. The van der Waals surface area contributed by atoms with Gasteiger partial charge in [-0.25, -0.2) is 8.42 Å². The van der Waals surface area contributed by atoms with Gasteiger partial charge in [-0.05, 0) is 73.5 Å².